The number of hydrogen-bond acceptors (Lipinski definition) is 6. The molecule has 0 saturated heterocycles. The monoisotopic (exact) mass is 352 g/mol. The molecule has 0 radical (unpaired) electrons. The van der Waals surface area contributed by atoms with Gasteiger partial charge in [-0.25, -0.2) is 9.48 Å². The molecule has 1 aromatic heterocycles. The van der Waals surface area contributed by atoms with Crippen molar-refractivity contribution in [1.82, 2.24) is 15.0 Å². The summed E-state index contributed by atoms with van der Waals surface area (Å²) in [4.78, 5) is 36.3. The minimum atomic E-state index is -0.544. The molecule has 0 aliphatic carbocycles. The number of amides is 1. The van der Waals surface area contributed by atoms with Crippen LogP contribution < -0.4 is 10.9 Å². The smallest absolute Gasteiger partial charge is 0.339 e. The normalized spacial score (nSPS) is 10.5. The number of carbonyl (C=O) groups is 2. The minimum absolute atomic E-state index is 0.00241. The SMILES string of the molecule is COC(=O)c1ccccc1NC(=O)CCn1nnc2ccccc2c1=O. The molecule has 1 amide bonds. The van der Waals surface area contributed by atoms with Gasteiger partial charge in [0.1, 0.15) is 5.52 Å². The molecule has 0 unspecified atom stereocenters. The van der Waals surface area contributed by atoms with Gasteiger partial charge in [-0.3, -0.25) is 9.59 Å². The van der Waals surface area contributed by atoms with E-state index in [2.05, 4.69) is 15.6 Å². The highest BCUT2D eigenvalue weighted by atomic mass is 16.5. The van der Waals surface area contributed by atoms with Crippen LogP contribution in [0.25, 0.3) is 10.9 Å². The quantitative estimate of drug-likeness (QED) is 0.700. The van der Waals surface area contributed by atoms with Gasteiger partial charge in [0, 0.05) is 6.42 Å². The van der Waals surface area contributed by atoms with Gasteiger partial charge in [-0.05, 0) is 24.3 Å². The standard InChI is InChI=1S/C18H16N4O4/c1-26-18(25)13-7-3-4-8-14(13)19-16(23)10-11-22-17(24)12-6-2-5-9-15(12)20-21-22/h2-9H,10-11H2,1H3,(H,19,23). The third-order valence-corrected chi connectivity index (χ3v) is 3.79. The van der Waals surface area contributed by atoms with Crippen molar-refractivity contribution in [2.24, 2.45) is 0 Å². The topological polar surface area (TPSA) is 103 Å². The van der Waals surface area contributed by atoms with Gasteiger partial charge in [0.05, 0.1) is 30.3 Å². The van der Waals surface area contributed by atoms with Crippen molar-refractivity contribution in [2.45, 2.75) is 13.0 Å². The summed E-state index contributed by atoms with van der Waals surface area (Å²) in [5, 5.41) is 10.9. The summed E-state index contributed by atoms with van der Waals surface area (Å²) in [5.74, 6) is -0.902. The number of hydrogen-bond donors (Lipinski definition) is 1. The molecule has 0 spiro atoms. The molecule has 8 heteroatoms. The summed E-state index contributed by atoms with van der Waals surface area (Å²) in [6.07, 6.45) is 0.00241. The summed E-state index contributed by atoms with van der Waals surface area (Å²) in [7, 11) is 1.27. The second-order valence-electron chi connectivity index (χ2n) is 5.47. The molecule has 3 rings (SSSR count). The molecule has 3 aromatic rings. The summed E-state index contributed by atoms with van der Waals surface area (Å²) < 4.78 is 5.84. The van der Waals surface area contributed by atoms with E-state index in [1.165, 1.54) is 7.11 Å². The van der Waals surface area contributed by atoms with E-state index < -0.39 is 5.97 Å². The maximum atomic E-state index is 12.3. The Morgan fingerprint density at radius 1 is 1.12 bits per heavy atom. The number of nitrogens with zero attached hydrogens (tertiary/aromatic N) is 3. The van der Waals surface area contributed by atoms with E-state index in [1.807, 2.05) is 0 Å². The molecule has 132 valence electrons. The van der Waals surface area contributed by atoms with Crippen LogP contribution in [0.15, 0.2) is 53.3 Å². The molecule has 0 aliphatic heterocycles. The average molecular weight is 352 g/mol. The first-order valence-electron chi connectivity index (χ1n) is 7.90. The Balaban J connectivity index is 1.72. The fraction of sp³-hybridized carbons (Fsp3) is 0.167. The number of aromatic nitrogens is 3. The lowest BCUT2D eigenvalue weighted by molar-refractivity contribution is -0.116. The summed E-state index contributed by atoms with van der Waals surface area (Å²) in [6, 6.07) is 13.4. The Kier molecular flexibility index (Phi) is 5.02. The number of fused-ring (bicyclic) bond motifs is 1. The Morgan fingerprint density at radius 2 is 1.85 bits per heavy atom. The van der Waals surface area contributed by atoms with Crippen molar-refractivity contribution in [1.29, 1.82) is 0 Å². The van der Waals surface area contributed by atoms with Gasteiger partial charge in [-0.2, -0.15) is 0 Å². The molecular weight excluding hydrogens is 336 g/mol. The van der Waals surface area contributed by atoms with Crippen molar-refractivity contribution in [3.8, 4) is 0 Å². The minimum Gasteiger partial charge on any atom is -0.465 e. The average Bonchev–Trinajstić information content (AvgIpc) is 2.67. The van der Waals surface area contributed by atoms with Gasteiger partial charge >= 0.3 is 5.97 Å². The van der Waals surface area contributed by atoms with Crippen LogP contribution in [0.1, 0.15) is 16.8 Å². The first kappa shape index (κ1) is 17.3. The van der Waals surface area contributed by atoms with E-state index in [-0.39, 0.29) is 30.0 Å². The first-order valence-corrected chi connectivity index (χ1v) is 7.90. The van der Waals surface area contributed by atoms with Gasteiger partial charge in [-0.1, -0.05) is 29.5 Å². The molecule has 26 heavy (non-hydrogen) atoms. The molecule has 0 saturated carbocycles. The predicted octanol–water partition coefficient (Wildman–Crippen LogP) is 1.61. The third kappa shape index (κ3) is 3.59. The van der Waals surface area contributed by atoms with Gasteiger partial charge in [-0.15, -0.1) is 5.10 Å². The fourth-order valence-electron chi connectivity index (χ4n) is 2.47. The lowest BCUT2D eigenvalue weighted by Gasteiger charge is -2.10. The molecule has 2 aromatic carbocycles. The molecular formula is C18H16N4O4. The maximum Gasteiger partial charge on any atom is 0.339 e. The number of benzene rings is 2. The molecule has 1 N–H and O–H groups in total. The van der Waals surface area contributed by atoms with Gasteiger partial charge in [0.25, 0.3) is 5.56 Å². The molecule has 0 atom stereocenters. The van der Waals surface area contributed by atoms with E-state index in [1.54, 1.807) is 48.5 Å². The van der Waals surface area contributed by atoms with Crippen molar-refractivity contribution in [2.75, 3.05) is 12.4 Å². The summed E-state index contributed by atoms with van der Waals surface area (Å²) >= 11 is 0. The van der Waals surface area contributed by atoms with Crippen molar-refractivity contribution in [3.63, 3.8) is 0 Å². The van der Waals surface area contributed by atoms with Gasteiger partial charge < -0.3 is 10.1 Å². The molecule has 0 fully saturated rings. The Hall–Kier alpha value is -3.55. The van der Waals surface area contributed by atoms with Crippen LogP contribution in [0, 0.1) is 0 Å². The van der Waals surface area contributed by atoms with Crippen LogP contribution >= 0.6 is 0 Å². The lowest BCUT2D eigenvalue weighted by Crippen LogP contribution is -2.26. The number of nitrogens with one attached hydrogen (secondary N) is 1. The zero-order valence-electron chi connectivity index (χ0n) is 14.0. The molecule has 1 heterocycles. The molecule has 0 bridgehead atoms. The number of anilines is 1. The van der Waals surface area contributed by atoms with E-state index in [9.17, 15) is 14.4 Å². The number of aryl methyl sites for hydroxylation is 1. The third-order valence-electron chi connectivity index (χ3n) is 3.79. The van der Waals surface area contributed by atoms with Crippen LogP contribution in [0.4, 0.5) is 5.69 Å². The molecule has 8 nitrogen and oxygen atoms in total. The first-order chi connectivity index (χ1) is 12.6. The largest absolute Gasteiger partial charge is 0.465 e. The van der Waals surface area contributed by atoms with Gasteiger partial charge in [0.15, 0.2) is 0 Å². The van der Waals surface area contributed by atoms with E-state index >= 15 is 0 Å². The summed E-state index contributed by atoms with van der Waals surface area (Å²) in [5.41, 5.74) is 0.802. The van der Waals surface area contributed by atoms with Crippen molar-refractivity contribution < 1.29 is 14.3 Å². The van der Waals surface area contributed by atoms with Crippen LogP contribution in [-0.2, 0) is 16.1 Å². The number of carbonyl (C=O) groups excluding carboxylic acids is 2. The number of methoxy groups -OCH3 is 1. The highest BCUT2D eigenvalue weighted by molar-refractivity contribution is 6.01. The zero-order valence-corrected chi connectivity index (χ0v) is 14.0. The lowest BCUT2D eigenvalue weighted by atomic mass is 10.1. The van der Waals surface area contributed by atoms with Crippen LogP contribution in [0.2, 0.25) is 0 Å². The molecule has 0 aliphatic rings. The highest BCUT2D eigenvalue weighted by Gasteiger charge is 2.14. The van der Waals surface area contributed by atoms with E-state index in [0.717, 1.165) is 4.68 Å². The Morgan fingerprint density at radius 3 is 2.65 bits per heavy atom. The van der Waals surface area contributed by atoms with Crippen LogP contribution in [0.5, 0.6) is 0 Å². The highest BCUT2D eigenvalue weighted by Crippen LogP contribution is 2.16. The van der Waals surface area contributed by atoms with Crippen LogP contribution in [0.3, 0.4) is 0 Å². The van der Waals surface area contributed by atoms with E-state index in [4.69, 9.17) is 4.74 Å². The second-order valence-corrected chi connectivity index (χ2v) is 5.47. The second kappa shape index (κ2) is 7.56. The van der Waals surface area contributed by atoms with Crippen molar-refractivity contribution in [3.05, 3.63) is 64.4 Å². The fourth-order valence-corrected chi connectivity index (χ4v) is 2.47. The summed E-state index contributed by atoms with van der Waals surface area (Å²) in [6.45, 7) is 0.0723. The number of rotatable bonds is 5. The van der Waals surface area contributed by atoms with Crippen molar-refractivity contribution >= 4 is 28.5 Å². The predicted molar refractivity (Wildman–Crippen MR) is 94.8 cm³/mol. The Labute approximate surface area is 148 Å². The Bertz CT molecular complexity index is 1030. The number of esters is 1. The number of para-hydroxylation sites is 1. The zero-order chi connectivity index (χ0) is 18.5. The van der Waals surface area contributed by atoms with Gasteiger partial charge in [0.2, 0.25) is 5.91 Å². The van der Waals surface area contributed by atoms with Crippen LogP contribution in [-0.4, -0.2) is 34.0 Å². The van der Waals surface area contributed by atoms with E-state index in [0.29, 0.717) is 16.6 Å². The number of ether oxygens (including phenoxy) is 1. The maximum absolute atomic E-state index is 12.3.